The Balaban J connectivity index is 1.27. The van der Waals surface area contributed by atoms with Crippen molar-refractivity contribution in [2.75, 3.05) is 45.6 Å². The van der Waals surface area contributed by atoms with Gasteiger partial charge >= 0.3 is 0 Å². The zero-order valence-corrected chi connectivity index (χ0v) is 34.8. The van der Waals surface area contributed by atoms with Gasteiger partial charge in [-0.15, -0.1) is 0 Å². The smallest absolute Gasteiger partial charge is 0.243 e. The predicted molar refractivity (Wildman–Crippen MR) is 223 cm³/mol. The van der Waals surface area contributed by atoms with Crippen molar-refractivity contribution >= 4 is 27.3 Å². The van der Waals surface area contributed by atoms with Gasteiger partial charge in [-0.25, -0.2) is 8.42 Å². The maximum atomic E-state index is 12.1. The van der Waals surface area contributed by atoms with E-state index in [0.717, 1.165) is 70.2 Å². The van der Waals surface area contributed by atoms with E-state index in [2.05, 4.69) is 73.0 Å². The van der Waals surface area contributed by atoms with Gasteiger partial charge in [0, 0.05) is 68.6 Å². The van der Waals surface area contributed by atoms with Crippen molar-refractivity contribution in [1.29, 1.82) is 0 Å². The molecule has 1 saturated heterocycles. The van der Waals surface area contributed by atoms with Gasteiger partial charge in [0.2, 0.25) is 5.91 Å². The van der Waals surface area contributed by atoms with Gasteiger partial charge in [0.1, 0.15) is 30.5 Å². The van der Waals surface area contributed by atoms with Crippen molar-refractivity contribution in [2.24, 2.45) is 11.8 Å². The van der Waals surface area contributed by atoms with Crippen LogP contribution in [-0.4, -0.2) is 69.8 Å². The molecule has 1 fully saturated rings. The lowest BCUT2D eigenvalue weighted by atomic mass is 9.93. The second-order valence-corrected chi connectivity index (χ2v) is 17.2. The van der Waals surface area contributed by atoms with Crippen LogP contribution in [0.3, 0.4) is 0 Å². The van der Waals surface area contributed by atoms with Crippen LogP contribution in [0.25, 0.3) is 11.1 Å². The van der Waals surface area contributed by atoms with E-state index in [0.29, 0.717) is 48.3 Å². The maximum Gasteiger partial charge on any atom is 0.243 e. The molecule has 2 N–H and O–H groups in total. The lowest BCUT2D eigenvalue weighted by Gasteiger charge is -2.19. The molecule has 0 aliphatic carbocycles. The third-order valence-corrected chi connectivity index (χ3v) is 11.7. The lowest BCUT2D eigenvalue weighted by Crippen LogP contribution is -2.30. The van der Waals surface area contributed by atoms with Gasteiger partial charge in [0.25, 0.3) is 0 Å². The molecule has 0 saturated carbocycles. The summed E-state index contributed by atoms with van der Waals surface area (Å²) in [6.07, 6.45) is 7.54. The summed E-state index contributed by atoms with van der Waals surface area (Å²) >= 11 is 6.80. The number of rotatable bonds is 20. The molecule has 1 atom stereocenters. The highest BCUT2D eigenvalue weighted by atomic mass is 35.5. The SMILES string of the molecule is C=CC(=O)NCCNCc1cc(Cl)c(OCc2cccc(-c3cccc(OCCCN4CC[C@@H](C(C)C)C4)c3C)c2C)cc1OCc1cncc(S(C)(=O)=O)c1. The lowest BCUT2D eigenvalue weighted by molar-refractivity contribution is -0.116. The first-order valence-electron chi connectivity index (χ1n) is 19.2. The first-order chi connectivity index (χ1) is 26.8. The van der Waals surface area contributed by atoms with Crippen LogP contribution in [-0.2, 0) is 34.4 Å². The van der Waals surface area contributed by atoms with E-state index in [1.165, 1.54) is 31.8 Å². The molecule has 1 aliphatic heterocycles. The normalized spacial score (nSPS) is 14.5. The van der Waals surface area contributed by atoms with Crippen LogP contribution >= 0.6 is 11.6 Å². The van der Waals surface area contributed by atoms with Crippen molar-refractivity contribution in [3.63, 3.8) is 0 Å². The fourth-order valence-electron chi connectivity index (χ4n) is 6.86. The standard InChI is InChI=1S/C44H55ClN4O6S/c1-7-44(50)48-17-16-46-25-36-22-40(45)43(23-42(36)54-28-33-21-37(26-47-24-33)56(6,51)52)55-29-35-11-8-12-38(31(35)4)39-13-9-14-41(32(39)5)53-20-10-18-49-19-15-34(27-49)30(2)3/h7-9,11-14,21-24,26,30,34,46H,1,10,15-20,25,27-29H2,2-6H3,(H,48,50)/t34-/m1/s1. The zero-order valence-electron chi connectivity index (χ0n) is 33.2. The maximum absolute atomic E-state index is 12.1. The molecular formula is C44H55ClN4O6S. The molecule has 1 aromatic heterocycles. The first-order valence-corrected chi connectivity index (χ1v) is 21.5. The monoisotopic (exact) mass is 802 g/mol. The minimum absolute atomic E-state index is 0.0697. The molecule has 5 rings (SSSR count). The van der Waals surface area contributed by atoms with E-state index in [9.17, 15) is 13.2 Å². The Morgan fingerprint density at radius 1 is 0.964 bits per heavy atom. The fraction of sp³-hybridized carbons (Fsp3) is 0.409. The van der Waals surface area contributed by atoms with E-state index in [1.54, 1.807) is 24.4 Å². The largest absolute Gasteiger partial charge is 0.493 e. The molecule has 0 bridgehead atoms. The van der Waals surface area contributed by atoms with Crippen LogP contribution in [0, 0.1) is 25.7 Å². The molecule has 10 nitrogen and oxygen atoms in total. The molecule has 3 aromatic carbocycles. The number of nitrogens with zero attached hydrogens (tertiary/aromatic N) is 2. The molecule has 56 heavy (non-hydrogen) atoms. The molecule has 0 radical (unpaired) electrons. The average Bonchev–Trinajstić information content (AvgIpc) is 3.66. The van der Waals surface area contributed by atoms with Crippen LogP contribution in [0.5, 0.6) is 17.2 Å². The second kappa shape index (κ2) is 20.1. The topological polar surface area (TPSA) is 119 Å². The summed E-state index contributed by atoms with van der Waals surface area (Å²) in [6.45, 7) is 18.1. The van der Waals surface area contributed by atoms with Gasteiger partial charge in [-0.3, -0.25) is 9.78 Å². The van der Waals surface area contributed by atoms with Gasteiger partial charge in [0.05, 0.1) is 16.5 Å². The Bertz CT molecular complexity index is 2090. The van der Waals surface area contributed by atoms with Crippen molar-refractivity contribution in [2.45, 2.75) is 65.2 Å². The second-order valence-electron chi connectivity index (χ2n) is 14.8. The van der Waals surface area contributed by atoms with Crippen LogP contribution in [0.15, 0.2) is 84.5 Å². The first kappa shape index (κ1) is 42.7. The number of carbonyl (C=O) groups excluding carboxylic acids is 1. The van der Waals surface area contributed by atoms with Crippen LogP contribution in [0.1, 0.15) is 54.5 Å². The molecule has 300 valence electrons. The third kappa shape index (κ3) is 11.8. The summed E-state index contributed by atoms with van der Waals surface area (Å²) in [6, 6.07) is 17.5. The van der Waals surface area contributed by atoms with Crippen molar-refractivity contribution < 1.29 is 27.4 Å². The summed E-state index contributed by atoms with van der Waals surface area (Å²) < 4.78 is 43.2. The third-order valence-electron chi connectivity index (χ3n) is 10.3. The van der Waals surface area contributed by atoms with E-state index in [1.807, 2.05) is 18.2 Å². The minimum atomic E-state index is -3.44. The summed E-state index contributed by atoms with van der Waals surface area (Å²) in [5, 5.41) is 6.44. The number of hydrogen-bond donors (Lipinski definition) is 2. The Morgan fingerprint density at radius 3 is 2.45 bits per heavy atom. The van der Waals surface area contributed by atoms with E-state index in [4.69, 9.17) is 25.8 Å². The summed E-state index contributed by atoms with van der Waals surface area (Å²) in [4.78, 5) is 18.3. The molecule has 4 aromatic rings. The molecule has 12 heteroatoms. The van der Waals surface area contributed by atoms with Crippen LogP contribution in [0.4, 0.5) is 0 Å². The number of halogens is 1. The van der Waals surface area contributed by atoms with Gasteiger partial charge in [0.15, 0.2) is 9.84 Å². The molecule has 2 heterocycles. The number of carbonyl (C=O) groups is 1. The highest BCUT2D eigenvalue weighted by Gasteiger charge is 2.24. The number of amides is 1. The number of likely N-dealkylation sites (tertiary alicyclic amines) is 1. The summed E-state index contributed by atoms with van der Waals surface area (Å²) in [7, 11) is -3.44. The quantitative estimate of drug-likeness (QED) is 0.0684. The summed E-state index contributed by atoms with van der Waals surface area (Å²) in [5.41, 5.74) is 6.78. The number of nitrogens with one attached hydrogen (secondary N) is 2. The predicted octanol–water partition coefficient (Wildman–Crippen LogP) is 7.72. The number of sulfone groups is 1. The van der Waals surface area contributed by atoms with Crippen molar-refractivity contribution in [3.8, 4) is 28.4 Å². The highest BCUT2D eigenvalue weighted by molar-refractivity contribution is 7.90. The van der Waals surface area contributed by atoms with E-state index >= 15 is 0 Å². The molecule has 0 unspecified atom stereocenters. The average molecular weight is 803 g/mol. The van der Waals surface area contributed by atoms with Crippen LogP contribution in [0.2, 0.25) is 5.02 Å². The minimum Gasteiger partial charge on any atom is -0.493 e. The Morgan fingerprint density at radius 2 is 1.71 bits per heavy atom. The Hall–Kier alpha value is -4.42. The number of hydrogen-bond acceptors (Lipinski definition) is 9. The zero-order chi connectivity index (χ0) is 40.2. The van der Waals surface area contributed by atoms with E-state index in [-0.39, 0.29) is 24.0 Å². The van der Waals surface area contributed by atoms with Gasteiger partial charge < -0.3 is 29.7 Å². The van der Waals surface area contributed by atoms with Crippen molar-refractivity contribution in [1.82, 2.24) is 20.5 Å². The Labute approximate surface area is 337 Å². The summed E-state index contributed by atoms with van der Waals surface area (Å²) in [5.74, 6) is 3.14. The number of pyridine rings is 1. The molecule has 1 aliphatic rings. The highest BCUT2D eigenvalue weighted by Crippen LogP contribution is 2.36. The van der Waals surface area contributed by atoms with Crippen molar-refractivity contribution in [3.05, 3.63) is 112 Å². The van der Waals surface area contributed by atoms with Gasteiger partial charge in [-0.1, -0.05) is 62.4 Å². The molecule has 1 amide bonds. The van der Waals surface area contributed by atoms with E-state index < -0.39 is 9.84 Å². The van der Waals surface area contributed by atoms with Gasteiger partial charge in [-0.05, 0) is 97.2 Å². The number of ether oxygens (including phenoxy) is 3. The Kier molecular flexibility index (Phi) is 15.4. The van der Waals surface area contributed by atoms with Gasteiger partial charge in [-0.2, -0.15) is 0 Å². The molecular weight excluding hydrogens is 748 g/mol. The fourth-order valence-corrected chi connectivity index (χ4v) is 7.72. The molecule has 0 spiro atoms. The van der Waals surface area contributed by atoms with Crippen LogP contribution < -0.4 is 24.8 Å². The number of aromatic nitrogens is 1. The number of benzene rings is 3.